The smallest absolute Gasteiger partial charge is 0.335 e. The molecule has 0 saturated carbocycles. The minimum atomic E-state index is -0.966. The minimum Gasteiger partial charge on any atom is -0.490 e. The van der Waals surface area contributed by atoms with E-state index in [2.05, 4.69) is 6.92 Å². The van der Waals surface area contributed by atoms with Gasteiger partial charge in [0.2, 0.25) is 0 Å². The summed E-state index contributed by atoms with van der Waals surface area (Å²) in [5.41, 5.74) is 0.225. The van der Waals surface area contributed by atoms with Crippen molar-refractivity contribution in [2.24, 2.45) is 0 Å². The zero-order valence-electron chi connectivity index (χ0n) is 15.6. The van der Waals surface area contributed by atoms with Gasteiger partial charge in [0.05, 0.1) is 11.7 Å². The summed E-state index contributed by atoms with van der Waals surface area (Å²) >= 11 is 0. The number of carboxylic acid groups (broad SMARTS) is 1. The molecular formula is C23H26O4. The van der Waals surface area contributed by atoms with Crippen molar-refractivity contribution in [3.05, 3.63) is 54.1 Å². The number of carbonyl (C=O) groups is 1. The van der Waals surface area contributed by atoms with Crippen molar-refractivity contribution in [1.29, 1.82) is 0 Å². The van der Waals surface area contributed by atoms with E-state index in [1.54, 1.807) is 18.2 Å². The van der Waals surface area contributed by atoms with Crippen LogP contribution in [-0.2, 0) is 0 Å². The molecule has 0 fully saturated rings. The Morgan fingerprint density at radius 2 is 1.78 bits per heavy atom. The van der Waals surface area contributed by atoms with Crippen molar-refractivity contribution in [2.45, 2.75) is 45.1 Å². The molecule has 4 nitrogen and oxygen atoms in total. The summed E-state index contributed by atoms with van der Waals surface area (Å²) in [6.45, 7) is 2.36. The van der Waals surface area contributed by atoms with Crippen LogP contribution >= 0.6 is 0 Å². The van der Waals surface area contributed by atoms with Gasteiger partial charge >= 0.3 is 5.97 Å². The van der Waals surface area contributed by atoms with E-state index in [1.165, 1.54) is 12.8 Å². The lowest BCUT2D eigenvalue weighted by atomic mass is 10.00. The Kier molecular flexibility index (Phi) is 6.30. The van der Waals surface area contributed by atoms with Crippen molar-refractivity contribution in [1.82, 2.24) is 0 Å². The molecule has 0 heterocycles. The Morgan fingerprint density at radius 1 is 1.00 bits per heavy atom. The quantitative estimate of drug-likeness (QED) is 0.393. The molecule has 0 aliphatic rings. The lowest BCUT2D eigenvalue weighted by Gasteiger charge is -2.16. The van der Waals surface area contributed by atoms with Crippen molar-refractivity contribution >= 4 is 27.5 Å². The Balaban J connectivity index is 1.90. The lowest BCUT2D eigenvalue weighted by molar-refractivity contribution is 0.0697. The Morgan fingerprint density at radius 3 is 2.56 bits per heavy atom. The molecular weight excluding hydrogens is 340 g/mol. The number of benzene rings is 3. The van der Waals surface area contributed by atoms with E-state index in [4.69, 9.17) is 4.74 Å². The van der Waals surface area contributed by atoms with Crippen molar-refractivity contribution in [3.8, 4) is 5.75 Å². The number of aliphatic hydroxyl groups is 1. The first-order chi connectivity index (χ1) is 13.1. The number of carboxylic acids is 1. The molecule has 3 rings (SSSR count). The first-order valence-corrected chi connectivity index (χ1v) is 9.60. The van der Waals surface area contributed by atoms with Gasteiger partial charge in [-0.1, -0.05) is 62.9 Å². The highest BCUT2D eigenvalue weighted by Gasteiger charge is 2.13. The van der Waals surface area contributed by atoms with Crippen LogP contribution in [0, 0.1) is 0 Å². The molecule has 0 bridgehead atoms. The second-order valence-electron chi connectivity index (χ2n) is 6.98. The molecule has 0 aliphatic heterocycles. The number of ether oxygens (including phenoxy) is 1. The summed E-state index contributed by atoms with van der Waals surface area (Å²) in [6.07, 6.45) is 4.63. The van der Waals surface area contributed by atoms with Gasteiger partial charge < -0.3 is 14.9 Å². The van der Waals surface area contributed by atoms with Crippen LogP contribution in [0.2, 0.25) is 0 Å². The fraction of sp³-hybridized carbons (Fsp3) is 0.348. The molecule has 0 radical (unpaired) electrons. The molecule has 1 atom stereocenters. The summed E-state index contributed by atoms with van der Waals surface area (Å²) in [5, 5.41) is 23.2. The molecule has 3 aromatic rings. The third kappa shape index (κ3) is 4.58. The van der Waals surface area contributed by atoms with Crippen LogP contribution in [0.25, 0.3) is 21.5 Å². The summed E-state index contributed by atoms with van der Waals surface area (Å²) in [6, 6.07) is 15.0. The van der Waals surface area contributed by atoms with Crippen LogP contribution in [0.4, 0.5) is 0 Å². The molecule has 4 heteroatoms. The minimum absolute atomic E-state index is 0.201. The monoisotopic (exact) mass is 366 g/mol. The number of rotatable bonds is 9. The zero-order valence-corrected chi connectivity index (χ0v) is 15.6. The van der Waals surface area contributed by atoms with Crippen LogP contribution in [0.1, 0.15) is 49.4 Å². The molecule has 0 spiro atoms. The van der Waals surface area contributed by atoms with Crippen LogP contribution in [-0.4, -0.2) is 28.9 Å². The van der Waals surface area contributed by atoms with Crippen molar-refractivity contribution in [2.75, 3.05) is 6.61 Å². The van der Waals surface area contributed by atoms with E-state index in [1.807, 2.05) is 30.3 Å². The van der Waals surface area contributed by atoms with E-state index < -0.39 is 12.1 Å². The average molecular weight is 366 g/mol. The summed E-state index contributed by atoms with van der Waals surface area (Å²) in [5.74, 6) is -0.328. The van der Waals surface area contributed by atoms with Crippen molar-refractivity contribution < 1.29 is 19.7 Å². The topological polar surface area (TPSA) is 66.8 Å². The maximum absolute atomic E-state index is 11.4. The van der Waals surface area contributed by atoms with Crippen LogP contribution in [0.15, 0.2) is 48.5 Å². The molecule has 3 aromatic carbocycles. The van der Waals surface area contributed by atoms with Gasteiger partial charge in [-0.15, -0.1) is 0 Å². The SMILES string of the molecule is CCCCCCC(O)COc1c2ccccc2cc2ccc(C(=O)O)cc12. The van der Waals surface area contributed by atoms with Gasteiger partial charge in [0.25, 0.3) is 0 Å². The normalized spacial score (nSPS) is 12.4. The second-order valence-corrected chi connectivity index (χ2v) is 6.98. The Labute approximate surface area is 159 Å². The summed E-state index contributed by atoms with van der Waals surface area (Å²) in [4.78, 5) is 11.4. The third-order valence-corrected chi connectivity index (χ3v) is 4.87. The fourth-order valence-electron chi connectivity index (χ4n) is 3.38. The predicted octanol–water partition coefficient (Wildman–Crippen LogP) is 5.40. The number of hydrogen-bond donors (Lipinski definition) is 2. The van der Waals surface area contributed by atoms with Gasteiger partial charge in [0, 0.05) is 10.8 Å². The maximum Gasteiger partial charge on any atom is 0.335 e. The zero-order chi connectivity index (χ0) is 19.2. The Bertz CT molecular complexity index is 932. The molecule has 2 N–H and O–H groups in total. The van der Waals surface area contributed by atoms with E-state index in [-0.39, 0.29) is 12.2 Å². The fourth-order valence-corrected chi connectivity index (χ4v) is 3.38. The first kappa shape index (κ1) is 19.2. The molecule has 0 saturated heterocycles. The number of aromatic carboxylic acids is 1. The van der Waals surface area contributed by atoms with E-state index in [9.17, 15) is 15.0 Å². The molecule has 142 valence electrons. The van der Waals surface area contributed by atoms with Gasteiger partial charge in [-0.25, -0.2) is 4.79 Å². The first-order valence-electron chi connectivity index (χ1n) is 9.60. The highest BCUT2D eigenvalue weighted by atomic mass is 16.5. The van der Waals surface area contributed by atoms with E-state index in [0.717, 1.165) is 34.4 Å². The maximum atomic E-state index is 11.4. The number of aliphatic hydroxyl groups excluding tert-OH is 1. The van der Waals surface area contributed by atoms with E-state index in [0.29, 0.717) is 12.2 Å². The third-order valence-electron chi connectivity index (χ3n) is 4.87. The average Bonchev–Trinajstić information content (AvgIpc) is 2.68. The second kappa shape index (κ2) is 8.87. The molecule has 0 aromatic heterocycles. The van der Waals surface area contributed by atoms with Crippen molar-refractivity contribution in [3.63, 3.8) is 0 Å². The van der Waals surface area contributed by atoms with Crippen LogP contribution < -0.4 is 4.74 Å². The molecule has 0 aliphatic carbocycles. The van der Waals surface area contributed by atoms with Crippen LogP contribution in [0.5, 0.6) is 5.75 Å². The van der Waals surface area contributed by atoms with Gasteiger partial charge in [0.1, 0.15) is 12.4 Å². The van der Waals surface area contributed by atoms with Gasteiger partial charge in [-0.05, 0) is 35.4 Å². The standard InChI is InChI=1S/C23H26O4/c1-2-3-4-5-9-19(24)15-27-22-20-10-7-6-8-16(20)13-17-11-12-18(23(25)26)14-21(17)22/h6-8,10-14,19,24H,2-5,9,15H2,1H3,(H,25,26). The predicted molar refractivity (Wildman–Crippen MR) is 109 cm³/mol. The number of fused-ring (bicyclic) bond motifs is 2. The lowest BCUT2D eigenvalue weighted by Crippen LogP contribution is -2.17. The largest absolute Gasteiger partial charge is 0.490 e. The number of unbranched alkanes of at least 4 members (excludes halogenated alkanes) is 3. The number of hydrogen-bond acceptors (Lipinski definition) is 3. The summed E-state index contributed by atoms with van der Waals surface area (Å²) < 4.78 is 6.04. The van der Waals surface area contributed by atoms with Gasteiger partial charge in [0.15, 0.2) is 0 Å². The van der Waals surface area contributed by atoms with Gasteiger partial charge in [-0.3, -0.25) is 0 Å². The van der Waals surface area contributed by atoms with E-state index >= 15 is 0 Å². The summed E-state index contributed by atoms with van der Waals surface area (Å²) in [7, 11) is 0. The molecule has 1 unspecified atom stereocenters. The highest BCUT2D eigenvalue weighted by Crippen LogP contribution is 2.35. The Hall–Kier alpha value is -2.59. The van der Waals surface area contributed by atoms with Gasteiger partial charge in [-0.2, -0.15) is 0 Å². The van der Waals surface area contributed by atoms with Crippen LogP contribution in [0.3, 0.4) is 0 Å². The molecule has 0 amide bonds. The molecule has 27 heavy (non-hydrogen) atoms. The highest BCUT2D eigenvalue weighted by molar-refractivity contribution is 6.07.